The monoisotopic (exact) mass is 378 g/mol. The summed E-state index contributed by atoms with van der Waals surface area (Å²) >= 11 is 0. The minimum absolute atomic E-state index is 0.0745. The fraction of sp³-hybridized carbons (Fsp3) is 0.316. The van der Waals surface area contributed by atoms with Gasteiger partial charge in [-0.05, 0) is 24.3 Å². The number of fused-ring (bicyclic) bond motifs is 2. The summed E-state index contributed by atoms with van der Waals surface area (Å²) in [6, 6.07) is 5.91. The molecule has 2 aromatic carbocycles. The van der Waals surface area contributed by atoms with Crippen LogP contribution in [0.2, 0.25) is 0 Å². The number of hydrogen-bond donors (Lipinski definition) is 2. The molecule has 0 spiro atoms. The molecule has 2 aliphatic heterocycles. The summed E-state index contributed by atoms with van der Waals surface area (Å²) in [7, 11) is 0. The van der Waals surface area contributed by atoms with Crippen LogP contribution in [0.3, 0.4) is 0 Å². The fourth-order valence-electron chi connectivity index (χ4n) is 3.39. The molecule has 2 aromatic rings. The highest BCUT2D eigenvalue weighted by atomic mass is 19.4. The van der Waals surface area contributed by atoms with E-state index < -0.39 is 17.8 Å². The third kappa shape index (κ3) is 3.51. The number of hydrogen-bond acceptors (Lipinski definition) is 3. The molecule has 2 heterocycles. The van der Waals surface area contributed by atoms with Gasteiger partial charge in [-0.25, -0.2) is 4.79 Å². The molecule has 8 heteroatoms. The van der Waals surface area contributed by atoms with E-state index in [4.69, 9.17) is 9.47 Å². The number of urea groups is 1. The van der Waals surface area contributed by atoms with Gasteiger partial charge in [-0.2, -0.15) is 13.2 Å². The molecule has 0 saturated heterocycles. The van der Waals surface area contributed by atoms with E-state index in [-0.39, 0.29) is 12.2 Å². The zero-order valence-corrected chi connectivity index (χ0v) is 14.3. The lowest BCUT2D eigenvalue weighted by Gasteiger charge is -2.14. The molecule has 27 heavy (non-hydrogen) atoms. The summed E-state index contributed by atoms with van der Waals surface area (Å²) in [5, 5.41) is 5.14. The summed E-state index contributed by atoms with van der Waals surface area (Å²) in [6.07, 6.45) is -2.94. The molecule has 0 unspecified atom stereocenters. The number of nitrogens with one attached hydrogen (secondary N) is 2. The van der Waals surface area contributed by atoms with Crippen molar-refractivity contribution in [3.63, 3.8) is 0 Å². The molecule has 0 saturated carbocycles. The van der Waals surface area contributed by atoms with Crippen LogP contribution in [-0.4, -0.2) is 19.2 Å². The first-order valence-corrected chi connectivity index (χ1v) is 8.57. The van der Waals surface area contributed by atoms with E-state index >= 15 is 0 Å². The maximum atomic E-state index is 12.8. The van der Waals surface area contributed by atoms with Crippen molar-refractivity contribution in [2.75, 3.05) is 18.5 Å². The van der Waals surface area contributed by atoms with Crippen LogP contribution in [0.4, 0.5) is 23.7 Å². The van der Waals surface area contributed by atoms with Crippen molar-refractivity contribution in [1.29, 1.82) is 0 Å². The van der Waals surface area contributed by atoms with Crippen LogP contribution in [0, 0.1) is 0 Å². The van der Waals surface area contributed by atoms with Gasteiger partial charge < -0.3 is 20.1 Å². The normalized spacial score (nSPS) is 14.8. The molecule has 0 radical (unpaired) electrons. The number of carbonyl (C=O) groups excluding carboxylic acids is 1. The third-order valence-corrected chi connectivity index (χ3v) is 4.63. The quantitative estimate of drug-likeness (QED) is 0.852. The summed E-state index contributed by atoms with van der Waals surface area (Å²) in [5.41, 5.74) is 2.19. The van der Waals surface area contributed by atoms with Crippen molar-refractivity contribution in [3.05, 3.63) is 52.6 Å². The van der Waals surface area contributed by atoms with Gasteiger partial charge in [-0.3, -0.25) is 0 Å². The van der Waals surface area contributed by atoms with Crippen molar-refractivity contribution in [2.45, 2.75) is 25.6 Å². The Kier molecular flexibility index (Phi) is 4.33. The molecule has 0 fully saturated rings. The van der Waals surface area contributed by atoms with E-state index in [1.54, 1.807) is 0 Å². The second-order valence-corrected chi connectivity index (χ2v) is 6.40. The Morgan fingerprint density at radius 2 is 1.93 bits per heavy atom. The Balaban J connectivity index is 1.47. The lowest BCUT2D eigenvalue weighted by molar-refractivity contribution is -0.137. The fourth-order valence-corrected chi connectivity index (χ4v) is 3.39. The van der Waals surface area contributed by atoms with E-state index in [0.29, 0.717) is 13.2 Å². The van der Waals surface area contributed by atoms with Crippen LogP contribution in [0.5, 0.6) is 11.5 Å². The number of alkyl halides is 3. The number of carbonyl (C=O) groups is 1. The van der Waals surface area contributed by atoms with Crippen molar-refractivity contribution in [3.8, 4) is 11.5 Å². The summed E-state index contributed by atoms with van der Waals surface area (Å²) in [6.45, 7) is 1.38. The number of anilines is 1. The Labute approximate surface area is 153 Å². The smallest absolute Gasteiger partial charge is 0.416 e. The maximum Gasteiger partial charge on any atom is 0.416 e. The van der Waals surface area contributed by atoms with E-state index in [1.807, 2.05) is 6.07 Å². The molecule has 2 amide bonds. The van der Waals surface area contributed by atoms with E-state index in [1.165, 1.54) is 12.1 Å². The van der Waals surface area contributed by atoms with Crippen molar-refractivity contribution in [2.24, 2.45) is 0 Å². The molecule has 142 valence electrons. The third-order valence-electron chi connectivity index (χ3n) is 4.63. The Morgan fingerprint density at radius 1 is 1.11 bits per heavy atom. The van der Waals surface area contributed by atoms with Gasteiger partial charge in [0.2, 0.25) is 0 Å². The molecule has 0 aromatic heterocycles. The second-order valence-electron chi connectivity index (χ2n) is 6.40. The summed E-state index contributed by atoms with van der Waals surface area (Å²) < 4.78 is 49.7. The zero-order valence-electron chi connectivity index (χ0n) is 14.3. The highest BCUT2D eigenvalue weighted by Gasteiger charge is 2.30. The van der Waals surface area contributed by atoms with Gasteiger partial charge in [0.15, 0.2) is 0 Å². The largest absolute Gasteiger partial charge is 0.493 e. The minimum atomic E-state index is -4.46. The standard InChI is InChI=1S/C19H17F3N2O3/c20-19(21,22)12-2-1-3-13(9-12)24-18(25)23-10-15-14-5-7-26-16(14)8-11-4-6-27-17(11)15/h1-3,8-9H,4-7,10H2,(H2,23,24,25). The van der Waals surface area contributed by atoms with Gasteiger partial charge in [0.05, 0.1) is 18.8 Å². The van der Waals surface area contributed by atoms with E-state index in [9.17, 15) is 18.0 Å². The van der Waals surface area contributed by atoms with Crippen LogP contribution >= 0.6 is 0 Å². The lowest BCUT2D eigenvalue weighted by Crippen LogP contribution is -2.28. The first kappa shape index (κ1) is 17.5. The molecule has 5 nitrogen and oxygen atoms in total. The molecule has 0 bridgehead atoms. The first-order valence-electron chi connectivity index (χ1n) is 8.57. The van der Waals surface area contributed by atoms with Crippen LogP contribution in [0.15, 0.2) is 30.3 Å². The summed E-state index contributed by atoms with van der Waals surface area (Å²) in [4.78, 5) is 12.2. The van der Waals surface area contributed by atoms with Crippen LogP contribution in [-0.2, 0) is 25.6 Å². The average molecular weight is 378 g/mol. The maximum absolute atomic E-state index is 12.8. The van der Waals surface area contributed by atoms with Gasteiger partial charge in [0, 0.05) is 41.8 Å². The molecular formula is C19H17F3N2O3. The number of ether oxygens (including phenoxy) is 2. The second kappa shape index (κ2) is 6.68. The highest BCUT2D eigenvalue weighted by Crippen LogP contribution is 2.40. The molecular weight excluding hydrogens is 361 g/mol. The number of amides is 2. The Morgan fingerprint density at radius 3 is 2.74 bits per heavy atom. The molecule has 0 atom stereocenters. The van der Waals surface area contributed by atoms with E-state index in [0.717, 1.165) is 53.2 Å². The van der Waals surface area contributed by atoms with Crippen molar-refractivity contribution >= 4 is 11.7 Å². The van der Waals surface area contributed by atoms with Gasteiger partial charge in [0.25, 0.3) is 0 Å². The minimum Gasteiger partial charge on any atom is -0.493 e. The topological polar surface area (TPSA) is 59.6 Å². The number of rotatable bonds is 3. The molecule has 0 aliphatic carbocycles. The van der Waals surface area contributed by atoms with Gasteiger partial charge >= 0.3 is 12.2 Å². The van der Waals surface area contributed by atoms with Crippen molar-refractivity contribution < 1.29 is 27.4 Å². The van der Waals surface area contributed by atoms with Gasteiger partial charge in [0.1, 0.15) is 11.5 Å². The predicted octanol–water partition coefficient (Wildman–Crippen LogP) is 3.90. The number of halogens is 3. The highest BCUT2D eigenvalue weighted by molar-refractivity contribution is 5.89. The Bertz CT molecular complexity index is 864. The van der Waals surface area contributed by atoms with Crippen LogP contribution in [0.1, 0.15) is 22.3 Å². The summed E-state index contributed by atoms with van der Waals surface area (Å²) in [5.74, 6) is 1.59. The van der Waals surface area contributed by atoms with Crippen LogP contribution < -0.4 is 20.1 Å². The molecule has 4 rings (SSSR count). The zero-order chi connectivity index (χ0) is 19.0. The Hall–Kier alpha value is -2.90. The lowest BCUT2D eigenvalue weighted by atomic mass is 9.99. The SMILES string of the molecule is O=C(NCc1c2c(cc3c1OCC3)OCC2)Nc1cccc(C(F)(F)F)c1. The predicted molar refractivity (Wildman–Crippen MR) is 92.1 cm³/mol. The average Bonchev–Trinajstić information content (AvgIpc) is 3.27. The van der Waals surface area contributed by atoms with Crippen LogP contribution in [0.25, 0.3) is 0 Å². The molecule has 2 N–H and O–H groups in total. The first-order chi connectivity index (χ1) is 12.9. The van der Waals surface area contributed by atoms with Crippen molar-refractivity contribution in [1.82, 2.24) is 5.32 Å². The van der Waals surface area contributed by atoms with E-state index in [2.05, 4.69) is 10.6 Å². The molecule has 2 aliphatic rings. The van der Waals surface area contributed by atoms with Gasteiger partial charge in [-0.1, -0.05) is 6.07 Å². The number of benzene rings is 2. The van der Waals surface area contributed by atoms with Gasteiger partial charge in [-0.15, -0.1) is 0 Å².